The molecule has 0 saturated carbocycles. The van der Waals surface area contributed by atoms with Crippen LogP contribution in [0.4, 0.5) is 26.3 Å². The summed E-state index contributed by atoms with van der Waals surface area (Å²) in [5, 5.41) is 8.65. The van der Waals surface area contributed by atoms with Gasteiger partial charge in [-0.05, 0) is 12.1 Å². The molecule has 112 valence electrons. The molecule has 0 amide bonds. The lowest BCUT2D eigenvalue weighted by Crippen LogP contribution is -2.20. The molecule has 10 heteroatoms. The first kappa shape index (κ1) is 15.9. The second-order valence-corrected chi connectivity index (χ2v) is 3.45. The van der Waals surface area contributed by atoms with Gasteiger partial charge in [0.15, 0.2) is 6.61 Å². The highest BCUT2D eigenvalue weighted by molar-refractivity contribution is 5.88. The van der Waals surface area contributed by atoms with Crippen molar-refractivity contribution in [3.8, 4) is 11.5 Å². The molecule has 0 aromatic heterocycles. The Morgan fingerprint density at radius 2 is 1.60 bits per heavy atom. The lowest BCUT2D eigenvalue weighted by Gasteiger charge is -2.13. The van der Waals surface area contributed by atoms with Crippen LogP contribution in [0.3, 0.4) is 0 Å². The van der Waals surface area contributed by atoms with Gasteiger partial charge in [-0.15, -0.1) is 13.2 Å². The number of benzene rings is 1. The van der Waals surface area contributed by atoms with Crippen LogP contribution in [0.25, 0.3) is 0 Å². The molecule has 0 radical (unpaired) electrons. The third-order valence-electron chi connectivity index (χ3n) is 1.76. The van der Waals surface area contributed by atoms with Crippen molar-refractivity contribution in [2.45, 2.75) is 12.5 Å². The number of ether oxygens (including phenoxy) is 2. The lowest BCUT2D eigenvalue weighted by atomic mass is 10.2. The Labute approximate surface area is 107 Å². The summed E-state index contributed by atoms with van der Waals surface area (Å²) in [5.41, 5.74) is -0.705. The van der Waals surface area contributed by atoms with Crippen molar-refractivity contribution in [3.05, 3.63) is 23.8 Å². The Kier molecular flexibility index (Phi) is 4.36. The van der Waals surface area contributed by atoms with Crippen molar-refractivity contribution >= 4 is 5.97 Å². The van der Waals surface area contributed by atoms with E-state index in [0.717, 1.165) is 0 Å². The van der Waals surface area contributed by atoms with Crippen LogP contribution < -0.4 is 9.47 Å². The van der Waals surface area contributed by atoms with Gasteiger partial charge in [-0.3, -0.25) is 0 Å². The predicted octanol–water partition coefficient (Wildman–Crippen LogP) is 3.22. The van der Waals surface area contributed by atoms with E-state index in [4.69, 9.17) is 5.11 Å². The van der Waals surface area contributed by atoms with E-state index in [-0.39, 0.29) is 0 Å². The molecule has 1 aromatic carbocycles. The van der Waals surface area contributed by atoms with Gasteiger partial charge in [0.1, 0.15) is 11.5 Å². The van der Waals surface area contributed by atoms with Crippen LogP contribution in [0, 0.1) is 0 Å². The van der Waals surface area contributed by atoms with Gasteiger partial charge in [-0.2, -0.15) is 13.2 Å². The maximum Gasteiger partial charge on any atom is 0.573 e. The summed E-state index contributed by atoms with van der Waals surface area (Å²) >= 11 is 0. The van der Waals surface area contributed by atoms with Gasteiger partial charge in [-0.1, -0.05) is 0 Å². The zero-order chi connectivity index (χ0) is 15.6. The monoisotopic (exact) mass is 304 g/mol. The Morgan fingerprint density at radius 3 is 2.05 bits per heavy atom. The van der Waals surface area contributed by atoms with E-state index in [1.54, 1.807) is 0 Å². The summed E-state index contributed by atoms with van der Waals surface area (Å²) in [7, 11) is 0. The molecule has 4 nitrogen and oxygen atoms in total. The van der Waals surface area contributed by atoms with Gasteiger partial charge in [0.25, 0.3) is 0 Å². The number of rotatable bonds is 4. The minimum atomic E-state index is -5.11. The van der Waals surface area contributed by atoms with E-state index in [2.05, 4.69) is 9.47 Å². The Hall–Kier alpha value is -2.13. The van der Waals surface area contributed by atoms with E-state index < -0.39 is 42.2 Å². The fourth-order valence-corrected chi connectivity index (χ4v) is 1.14. The van der Waals surface area contributed by atoms with Crippen LogP contribution in [0.5, 0.6) is 11.5 Å². The molecular weight excluding hydrogens is 298 g/mol. The summed E-state index contributed by atoms with van der Waals surface area (Å²) in [4.78, 5) is 10.7. The van der Waals surface area contributed by atoms with Crippen LogP contribution >= 0.6 is 0 Å². The third-order valence-corrected chi connectivity index (χ3v) is 1.76. The van der Waals surface area contributed by atoms with Crippen molar-refractivity contribution in [3.63, 3.8) is 0 Å². The Morgan fingerprint density at radius 1 is 1.05 bits per heavy atom. The van der Waals surface area contributed by atoms with Crippen molar-refractivity contribution < 1.29 is 45.7 Å². The van der Waals surface area contributed by atoms with Crippen molar-refractivity contribution in [1.29, 1.82) is 0 Å². The molecular formula is C10H6F6O4. The largest absolute Gasteiger partial charge is 0.573 e. The number of halogens is 6. The first-order valence-corrected chi connectivity index (χ1v) is 4.80. The van der Waals surface area contributed by atoms with Crippen LogP contribution in [0.15, 0.2) is 18.2 Å². The highest BCUT2D eigenvalue weighted by atomic mass is 19.4. The van der Waals surface area contributed by atoms with Crippen LogP contribution in [-0.4, -0.2) is 30.2 Å². The van der Waals surface area contributed by atoms with Gasteiger partial charge >= 0.3 is 18.5 Å². The summed E-state index contributed by atoms with van der Waals surface area (Å²) in [6, 6.07) is 1.67. The Bertz CT molecular complexity index is 494. The number of hydrogen-bond donors (Lipinski definition) is 1. The Balaban J connectivity index is 3.02. The molecule has 1 N–H and O–H groups in total. The van der Waals surface area contributed by atoms with Gasteiger partial charge in [-0.25, -0.2) is 4.79 Å². The van der Waals surface area contributed by atoms with E-state index in [1.165, 1.54) is 0 Å². The molecule has 1 aromatic rings. The number of alkyl halides is 6. The van der Waals surface area contributed by atoms with Gasteiger partial charge in [0.05, 0.1) is 5.56 Å². The third kappa shape index (κ3) is 5.67. The molecule has 0 saturated heterocycles. The molecule has 0 fully saturated rings. The number of carbonyl (C=O) groups is 1. The SMILES string of the molecule is O=C(O)c1cc(OCC(F)(F)F)cc(OC(F)(F)F)c1. The smallest absolute Gasteiger partial charge is 0.484 e. The standard InChI is InChI=1S/C10H6F6O4/c11-9(12,13)4-19-6-1-5(8(17)18)2-7(3-6)20-10(14,15)16/h1-3H,4H2,(H,17,18). The van der Waals surface area contributed by atoms with Crippen molar-refractivity contribution in [2.75, 3.05) is 6.61 Å². The topological polar surface area (TPSA) is 55.8 Å². The molecule has 0 spiro atoms. The van der Waals surface area contributed by atoms with Gasteiger partial charge in [0, 0.05) is 6.07 Å². The molecule has 0 aliphatic heterocycles. The molecule has 20 heavy (non-hydrogen) atoms. The van der Waals surface area contributed by atoms with Crippen LogP contribution in [-0.2, 0) is 0 Å². The van der Waals surface area contributed by atoms with Crippen LogP contribution in [0.2, 0.25) is 0 Å². The minimum absolute atomic E-state index is 0.506. The van der Waals surface area contributed by atoms with E-state index in [1.807, 2.05) is 0 Å². The van der Waals surface area contributed by atoms with E-state index in [9.17, 15) is 31.1 Å². The van der Waals surface area contributed by atoms with E-state index in [0.29, 0.717) is 18.2 Å². The quantitative estimate of drug-likeness (QED) is 0.868. The van der Waals surface area contributed by atoms with E-state index >= 15 is 0 Å². The zero-order valence-electron chi connectivity index (χ0n) is 9.38. The second-order valence-electron chi connectivity index (χ2n) is 3.45. The minimum Gasteiger partial charge on any atom is -0.484 e. The van der Waals surface area contributed by atoms with Crippen LogP contribution in [0.1, 0.15) is 10.4 Å². The second kappa shape index (κ2) is 5.47. The molecule has 0 atom stereocenters. The zero-order valence-corrected chi connectivity index (χ0v) is 9.38. The molecule has 0 unspecified atom stereocenters. The maximum absolute atomic E-state index is 12.0. The van der Waals surface area contributed by atoms with Gasteiger partial charge < -0.3 is 14.6 Å². The normalized spacial score (nSPS) is 12.1. The summed E-state index contributed by atoms with van der Waals surface area (Å²) in [6.45, 7) is -1.78. The first-order chi connectivity index (χ1) is 8.96. The number of hydrogen-bond acceptors (Lipinski definition) is 3. The number of carboxylic acid groups (broad SMARTS) is 1. The highest BCUT2D eigenvalue weighted by Crippen LogP contribution is 2.29. The molecule has 0 aliphatic rings. The molecule has 0 bridgehead atoms. The molecule has 1 rings (SSSR count). The average molecular weight is 304 g/mol. The average Bonchev–Trinajstić information content (AvgIpc) is 2.22. The van der Waals surface area contributed by atoms with Crippen molar-refractivity contribution in [1.82, 2.24) is 0 Å². The van der Waals surface area contributed by atoms with Crippen molar-refractivity contribution in [2.24, 2.45) is 0 Å². The fraction of sp³-hybridized carbons (Fsp3) is 0.300. The predicted molar refractivity (Wildman–Crippen MR) is 51.6 cm³/mol. The highest BCUT2D eigenvalue weighted by Gasteiger charge is 2.32. The van der Waals surface area contributed by atoms with Gasteiger partial charge in [0.2, 0.25) is 0 Å². The molecule has 0 heterocycles. The summed E-state index contributed by atoms with van der Waals surface area (Å²) in [6.07, 6.45) is -9.83. The first-order valence-electron chi connectivity index (χ1n) is 4.80. The maximum atomic E-state index is 12.0. The summed E-state index contributed by atoms with van der Waals surface area (Å²) in [5.74, 6) is -3.34. The number of carboxylic acids is 1. The molecule has 0 aliphatic carbocycles. The summed E-state index contributed by atoms with van der Waals surface area (Å²) < 4.78 is 79.4. The lowest BCUT2D eigenvalue weighted by molar-refractivity contribution is -0.274. The number of aromatic carboxylic acids is 1. The fourth-order valence-electron chi connectivity index (χ4n) is 1.14.